The molecule has 2 atom stereocenters. The van der Waals surface area contributed by atoms with E-state index in [0.717, 1.165) is 18.6 Å². The second-order valence-electron chi connectivity index (χ2n) is 7.23. The molecule has 0 saturated heterocycles. The Morgan fingerprint density at radius 1 is 1.39 bits per heavy atom. The predicted molar refractivity (Wildman–Crippen MR) is 96.2 cm³/mol. The first kappa shape index (κ1) is 19.8. The average Bonchev–Trinajstić information content (AvgIpc) is 3.28. The first-order valence-corrected chi connectivity index (χ1v) is 8.09. The molecule has 2 rings (SSSR count). The molecule has 1 aliphatic carbocycles. The van der Waals surface area contributed by atoms with Crippen molar-refractivity contribution in [1.82, 2.24) is 5.32 Å². The average molecular weight is 341 g/mol. The van der Waals surface area contributed by atoms with Gasteiger partial charge in [0.05, 0.1) is 0 Å². The molecule has 2 unspecified atom stereocenters. The molecule has 1 aromatic rings. The first-order chi connectivity index (χ1) is 10.3. The standard InChI is InChI=1S/C18H28N2O2.ClH/c1-12(17(21)20-16(11-19)13-8-9-13)22-15-7-5-6-14(10-15)18(2,3)4;/h5-7,10,12-13,16H,8-9,11,19H2,1-4H3,(H,20,21);1H. The minimum Gasteiger partial charge on any atom is -0.481 e. The van der Waals surface area contributed by atoms with Gasteiger partial charge in [0.1, 0.15) is 5.75 Å². The van der Waals surface area contributed by atoms with Crippen LogP contribution in [0.1, 0.15) is 46.1 Å². The number of hydrogen-bond donors (Lipinski definition) is 2. The zero-order valence-electron chi connectivity index (χ0n) is 14.5. The Bertz CT molecular complexity index is 524. The number of nitrogens with one attached hydrogen (secondary N) is 1. The van der Waals surface area contributed by atoms with E-state index >= 15 is 0 Å². The van der Waals surface area contributed by atoms with Gasteiger partial charge < -0.3 is 15.8 Å². The summed E-state index contributed by atoms with van der Waals surface area (Å²) in [5, 5.41) is 3.00. The van der Waals surface area contributed by atoms with E-state index in [1.165, 1.54) is 5.56 Å². The Balaban J connectivity index is 0.00000264. The van der Waals surface area contributed by atoms with Crippen LogP contribution in [0.3, 0.4) is 0 Å². The van der Waals surface area contributed by atoms with Gasteiger partial charge in [-0.15, -0.1) is 12.4 Å². The minimum absolute atomic E-state index is 0. The number of nitrogens with two attached hydrogens (primary N) is 1. The Labute approximate surface area is 145 Å². The van der Waals surface area contributed by atoms with Crippen LogP contribution in [0.2, 0.25) is 0 Å². The lowest BCUT2D eigenvalue weighted by molar-refractivity contribution is -0.128. The molecule has 0 aromatic heterocycles. The number of hydrogen-bond acceptors (Lipinski definition) is 3. The number of amides is 1. The minimum atomic E-state index is -0.525. The van der Waals surface area contributed by atoms with Crippen LogP contribution in [0, 0.1) is 5.92 Å². The zero-order chi connectivity index (χ0) is 16.3. The SMILES string of the molecule is CC(Oc1cccc(C(C)(C)C)c1)C(=O)NC(CN)C1CC1.Cl. The number of carbonyl (C=O) groups excluding carboxylic acids is 1. The predicted octanol–water partition coefficient (Wildman–Crippen LogP) is 3.03. The fourth-order valence-electron chi connectivity index (χ4n) is 2.46. The number of halogens is 1. The van der Waals surface area contributed by atoms with Gasteiger partial charge in [-0.05, 0) is 48.8 Å². The van der Waals surface area contributed by atoms with Crippen molar-refractivity contribution in [3.63, 3.8) is 0 Å². The van der Waals surface area contributed by atoms with Crippen LogP contribution in [0.25, 0.3) is 0 Å². The van der Waals surface area contributed by atoms with Crippen molar-refractivity contribution in [3.8, 4) is 5.75 Å². The first-order valence-electron chi connectivity index (χ1n) is 8.09. The van der Waals surface area contributed by atoms with Gasteiger partial charge in [0.2, 0.25) is 0 Å². The van der Waals surface area contributed by atoms with Crippen molar-refractivity contribution >= 4 is 18.3 Å². The molecular formula is C18H29ClN2O2. The number of rotatable bonds is 6. The summed E-state index contributed by atoms with van der Waals surface area (Å²) in [5.74, 6) is 1.18. The van der Waals surface area contributed by atoms with E-state index in [1.54, 1.807) is 6.92 Å². The molecule has 0 spiro atoms. The van der Waals surface area contributed by atoms with Crippen molar-refractivity contribution in [2.24, 2.45) is 11.7 Å². The molecule has 0 aliphatic heterocycles. The van der Waals surface area contributed by atoms with Crippen LogP contribution >= 0.6 is 12.4 Å². The molecule has 1 aliphatic rings. The van der Waals surface area contributed by atoms with E-state index in [9.17, 15) is 4.79 Å². The van der Waals surface area contributed by atoms with Gasteiger partial charge in [0.25, 0.3) is 5.91 Å². The van der Waals surface area contributed by atoms with Gasteiger partial charge in [-0.3, -0.25) is 4.79 Å². The van der Waals surface area contributed by atoms with Gasteiger partial charge in [0.15, 0.2) is 6.10 Å². The number of benzene rings is 1. The fraction of sp³-hybridized carbons (Fsp3) is 0.611. The molecule has 0 heterocycles. The molecular weight excluding hydrogens is 312 g/mol. The third-order valence-electron chi connectivity index (χ3n) is 4.15. The monoisotopic (exact) mass is 340 g/mol. The number of ether oxygens (including phenoxy) is 1. The Kier molecular flexibility index (Phi) is 6.90. The van der Waals surface area contributed by atoms with Crippen molar-refractivity contribution in [2.75, 3.05) is 6.54 Å². The van der Waals surface area contributed by atoms with Crippen LogP contribution in [0.5, 0.6) is 5.75 Å². The van der Waals surface area contributed by atoms with Gasteiger partial charge in [0, 0.05) is 12.6 Å². The fourth-order valence-corrected chi connectivity index (χ4v) is 2.46. The maximum absolute atomic E-state index is 12.2. The third kappa shape index (κ3) is 5.70. The molecule has 1 saturated carbocycles. The largest absolute Gasteiger partial charge is 0.481 e. The van der Waals surface area contributed by atoms with Crippen molar-refractivity contribution < 1.29 is 9.53 Å². The van der Waals surface area contributed by atoms with E-state index in [2.05, 4.69) is 32.2 Å². The summed E-state index contributed by atoms with van der Waals surface area (Å²) in [6.07, 6.45) is 1.79. The lowest BCUT2D eigenvalue weighted by atomic mass is 9.87. The summed E-state index contributed by atoms with van der Waals surface area (Å²) in [6, 6.07) is 8.02. The highest BCUT2D eigenvalue weighted by Crippen LogP contribution is 2.32. The van der Waals surface area contributed by atoms with E-state index in [-0.39, 0.29) is 29.8 Å². The second-order valence-corrected chi connectivity index (χ2v) is 7.23. The summed E-state index contributed by atoms with van der Waals surface area (Å²) in [6.45, 7) is 8.74. The van der Waals surface area contributed by atoms with Crippen LogP contribution in [-0.4, -0.2) is 24.6 Å². The summed E-state index contributed by atoms with van der Waals surface area (Å²) in [5.41, 5.74) is 6.97. The smallest absolute Gasteiger partial charge is 0.261 e. The molecule has 130 valence electrons. The molecule has 0 radical (unpaired) electrons. The van der Waals surface area contributed by atoms with E-state index in [1.807, 2.05) is 18.2 Å². The summed E-state index contributed by atoms with van der Waals surface area (Å²) < 4.78 is 5.80. The molecule has 1 aromatic carbocycles. The molecule has 23 heavy (non-hydrogen) atoms. The van der Waals surface area contributed by atoms with Crippen LogP contribution in [0.4, 0.5) is 0 Å². The Hall–Kier alpha value is -1.26. The summed E-state index contributed by atoms with van der Waals surface area (Å²) in [4.78, 5) is 12.2. The van der Waals surface area contributed by atoms with Gasteiger partial charge in [-0.2, -0.15) is 0 Å². The van der Waals surface area contributed by atoms with Crippen molar-refractivity contribution in [1.29, 1.82) is 0 Å². The van der Waals surface area contributed by atoms with Crippen LogP contribution < -0.4 is 15.8 Å². The van der Waals surface area contributed by atoms with Crippen molar-refractivity contribution in [3.05, 3.63) is 29.8 Å². The lowest BCUT2D eigenvalue weighted by Gasteiger charge is -2.22. The van der Waals surface area contributed by atoms with Crippen molar-refractivity contribution in [2.45, 2.75) is 58.1 Å². The number of carbonyl (C=O) groups is 1. The van der Waals surface area contributed by atoms with Crippen LogP contribution in [0.15, 0.2) is 24.3 Å². The lowest BCUT2D eigenvalue weighted by Crippen LogP contribution is -2.46. The maximum atomic E-state index is 12.2. The topological polar surface area (TPSA) is 64.3 Å². The summed E-state index contributed by atoms with van der Waals surface area (Å²) in [7, 11) is 0. The quantitative estimate of drug-likeness (QED) is 0.836. The highest BCUT2D eigenvalue weighted by atomic mass is 35.5. The molecule has 4 nitrogen and oxygen atoms in total. The van der Waals surface area contributed by atoms with E-state index in [0.29, 0.717) is 12.5 Å². The molecule has 1 amide bonds. The molecule has 5 heteroatoms. The highest BCUT2D eigenvalue weighted by Gasteiger charge is 2.32. The zero-order valence-corrected chi connectivity index (χ0v) is 15.3. The van der Waals surface area contributed by atoms with E-state index in [4.69, 9.17) is 10.5 Å². The maximum Gasteiger partial charge on any atom is 0.261 e. The Morgan fingerprint density at radius 2 is 2.04 bits per heavy atom. The van der Waals surface area contributed by atoms with E-state index < -0.39 is 6.10 Å². The molecule has 3 N–H and O–H groups in total. The third-order valence-corrected chi connectivity index (χ3v) is 4.15. The Morgan fingerprint density at radius 3 is 2.57 bits per heavy atom. The normalized spacial score (nSPS) is 16.9. The second kappa shape index (κ2) is 8.02. The van der Waals surface area contributed by atoms with Gasteiger partial charge in [-0.25, -0.2) is 0 Å². The van der Waals surface area contributed by atoms with Gasteiger partial charge >= 0.3 is 0 Å². The van der Waals surface area contributed by atoms with Gasteiger partial charge in [-0.1, -0.05) is 32.9 Å². The highest BCUT2D eigenvalue weighted by molar-refractivity contribution is 5.85. The molecule has 0 bridgehead atoms. The summed E-state index contributed by atoms with van der Waals surface area (Å²) >= 11 is 0. The molecule has 1 fully saturated rings. The van der Waals surface area contributed by atoms with Crippen LogP contribution in [-0.2, 0) is 10.2 Å².